The predicted molar refractivity (Wildman–Crippen MR) is 76.4 cm³/mol. The number of anilines is 1. The number of hydrogen-bond donors (Lipinski definition) is 1. The third kappa shape index (κ3) is 5.51. The van der Waals surface area contributed by atoms with Crippen molar-refractivity contribution in [3.05, 3.63) is 30.3 Å². The first-order valence-electron chi connectivity index (χ1n) is 5.97. The van der Waals surface area contributed by atoms with Crippen molar-refractivity contribution in [3.63, 3.8) is 0 Å². The maximum atomic E-state index is 11.8. The Morgan fingerprint density at radius 2 is 1.85 bits per heavy atom. The van der Waals surface area contributed by atoms with Gasteiger partial charge in [-0.25, -0.2) is 14.4 Å². The summed E-state index contributed by atoms with van der Waals surface area (Å²) >= 11 is 5.04. The van der Waals surface area contributed by atoms with Crippen molar-refractivity contribution < 1.29 is 23.6 Å². The Kier molecular flexibility index (Phi) is 6.02. The molecule has 0 bridgehead atoms. The third-order valence-corrected chi connectivity index (χ3v) is 2.84. The summed E-state index contributed by atoms with van der Waals surface area (Å²) in [4.78, 5) is 26.2. The van der Waals surface area contributed by atoms with Gasteiger partial charge in [0.2, 0.25) is 0 Å². The summed E-state index contributed by atoms with van der Waals surface area (Å²) in [5, 5.41) is 1.32. The molecule has 0 heterocycles. The highest BCUT2D eigenvalue weighted by Crippen LogP contribution is 2.48. The number of halogens is 1. The van der Waals surface area contributed by atoms with Crippen LogP contribution in [-0.4, -0.2) is 23.0 Å². The van der Waals surface area contributed by atoms with Gasteiger partial charge in [0.15, 0.2) is 6.04 Å². The van der Waals surface area contributed by atoms with Gasteiger partial charge in [0.1, 0.15) is 0 Å². The molecule has 2 atom stereocenters. The van der Waals surface area contributed by atoms with Gasteiger partial charge in [0.25, 0.3) is 0 Å². The number of rotatable bonds is 6. The minimum Gasteiger partial charge on any atom is -0.379 e. The minimum absolute atomic E-state index is 0.192. The summed E-state index contributed by atoms with van der Waals surface area (Å²) in [6.45, 7) is 0.686. The summed E-state index contributed by atoms with van der Waals surface area (Å²) in [7, 11) is 0. The maximum Gasteiger partial charge on any atom is 0.476 e. The first-order valence-corrected chi connectivity index (χ1v) is 8.46. The zero-order valence-corrected chi connectivity index (χ0v) is 13.0. The molecule has 0 aromatic heterocycles. The molecule has 0 fully saturated rings. The van der Waals surface area contributed by atoms with E-state index in [-0.39, 0.29) is 6.10 Å². The van der Waals surface area contributed by atoms with Crippen molar-refractivity contribution in [2.24, 2.45) is 0 Å². The standard InChI is InChI=1S/C12H17ClNO5P/c1-9(2)18-14(11-7-5-4-6-8-11)10(3)12(15)19-20(13,16)17/h4-10H,1-3H3,(H,16,17)/t10-/m0/s1. The quantitative estimate of drug-likeness (QED) is 0.641. The van der Waals surface area contributed by atoms with Crippen LogP contribution in [-0.2, 0) is 18.7 Å². The average molecular weight is 322 g/mol. The van der Waals surface area contributed by atoms with Crippen LogP contribution in [0.25, 0.3) is 0 Å². The van der Waals surface area contributed by atoms with Gasteiger partial charge in [-0.05, 0) is 32.9 Å². The summed E-state index contributed by atoms with van der Waals surface area (Å²) in [6, 6.07) is 7.93. The van der Waals surface area contributed by atoms with Crippen LogP contribution in [0.1, 0.15) is 20.8 Å². The number of carbonyl (C=O) groups excluding carboxylic acids is 1. The predicted octanol–water partition coefficient (Wildman–Crippen LogP) is 3.10. The molecule has 1 unspecified atom stereocenters. The van der Waals surface area contributed by atoms with Crippen molar-refractivity contribution in [2.75, 3.05) is 5.06 Å². The lowest BCUT2D eigenvalue weighted by Gasteiger charge is -2.30. The van der Waals surface area contributed by atoms with Gasteiger partial charge in [0, 0.05) is 11.2 Å². The smallest absolute Gasteiger partial charge is 0.379 e. The monoisotopic (exact) mass is 321 g/mol. The average Bonchev–Trinajstić information content (AvgIpc) is 2.34. The Morgan fingerprint density at radius 1 is 1.30 bits per heavy atom. The molecule has 1 N–H and O–H groups in total. The van der Waals surface area contributed by atoms with Gasteiger partial charge in [-0.2, -0.15) is 0 Å². The number of nitrogens with zero attached hydrogens (tertiary/aromatic N) is 1. The van der Waals surface area contributed by atoms with Crippen LogP contribution in [0, 0.1) is 0 Å². The van der Waals surface area contributed by atoms with Crippen LogP contribution in [0.4, 0.5) is 5.69 Å². The van der Waals surface area contributed by atoms with E-state index in [0.717, 1.165) is 0 Å². The fourth-order valence-corrected chi connectivity index (χ4v) is 2.04. The summed E-state index contributed by atoms with van der Waals surface area (Å²) in [5.74, 6) is -0.949. The minimum atomic E-state index is -4.40. The van der Waals surface area contributed by atoms with E-state index in [0.29, 0.717) is 5.69 Å². The molecular weight excluding hydrogens is 305 g/mol. The van der Waals surface area contributed by atoms with Crippen molar-refractivity contribution >= 4 is 29.8 Å². The summed E-state index contributed by atoms with van der Waals surface area (Å²) in [6.07, 6.45) is -0.192. The number of hydrogen-bond acceptors (Lipinski definition) is 5. The third-order valence-electron chi connectivity index (χ3n) is 2.23. The molecule has 20 heavy (non-hydrogen) atoms. The van der Waals surface area contributed by atoms with E-state index >= 15 is 0 Å². The molecule has 0 radical (unpaired) electrons. The van der Waals surface area contributed by atoms with Crippen molar-refractivity contribution in [1.29, 1.82) is 0 Å². The highest BCUT2D eigenvalue weighted by molar-refractivity contribution is 7.80. The molecule has 1 aromatic carbocycles. The molecule has 0 aliphatic heterocycles. The van der Waals surface area contributed by atoms with E-state index in [1.807, 2.05) is 6.07 Å². The largest absolute Gasteiger partial charge is 0.476 e. The molecule has 0 aliphatic rings. The Labute approximate surface area is 122 Å². The Morgan fingerprint density at radius 3 is 2.30 bits per heavy atom. The fourth-order valence-electron chi connectivity index (χ4n) is 1.46. The normalized spacial score (nSPS) is 15.5. The molecule has 0 saturated heterocycles. The number of para-hydroxylation sites is 1. The topological polar surface area (TPSA) is 76.1 Å². The molecule has 1 aromatic rings. The zero-order valence-electron chi connectivity index (χ0n) is 11.4. The van der Waals surface area contributed by atoms with Gasteiger partial charge in [0.05, 0.1) is 11.8 Å². The summed E-state index contributed by atoms with van der Waals surface area (Å²) < 4.78 is 15.2. The van der Waals surface area contributed by atoms with Crippen LogP contribution in [0.2, 0.25) is 0 Å². The van der Waals surface area contributed by atoms with Crippen LogP contribution in [0.5, 0.6) is 0 Å². The van der Waals surface area contributed by atoms with E-state index in [1.165, 1.54) is 12.0 Å². The molecular formula is C12H17ClNO5P. The zero-order chi connectivity index (χ0) is 15.3. The second-order valence-electron chi connectivity index (χ2n) is 4.35. The van der Waals surface area contributed by atoms with E-state index in [9.17, 15) is 9.36 Å². The number of carbonyl (C=O) groups is 1. The molecule has 8 heteroatoms. The van der Waals surface area contributed by atoms with Crippen molar-refractivity contribution in [2.45, 2.75) is 32.9 Å². The van der Waals surface area contributed by atoms with Crippen molar-refractivity contribution in [3.8, 4) is 0 Å². The van der Waals surface area contributed by atoms with Gasteiger partial charge < -0.3 is 9.42 Å². The van der Waals surface area contributed by atoms with Gasteiger partial charge in [-0.15, -0.1) is 0 Å². The lowest BCUT2D eigenvalue weighted by atomic mass is 10.2. The molecule has 0 amide bonds. The Hall–Kier alpha value is -1.07. The fraction of sp³-hybridized carbons (Fsp3) is 0.417. The molecule has 0 spiro atoms. The van der Waals surface area contributed by atoms with E-state index in [1.54, 1.807) is 38.1 Å². The van der Waals surface area contributed by atoms with Crippen LogP contribution < -0.4 is 5.06 Å². The highest BCUT2D eigenvalue weighted by atomic mass is 35.7. The second-order valence-corrected chi connectivity index (χ2v) is 6.72. The van der Waals surface area contributed by atoms with Crippen LogP contribution in [0.3, 0.4) is 0 Å². The van der Waals surface area contributed by atoms with Crippen LogP contribution >= 0.6 is 18.2 Å². The highest BCUT2D eigenvalue weighted by Gasteiger charge is 2.30. The van der Waals surface area contributed by atoms with Gasteiger partial charge in [-0.3, -0.25) is 4.84 Å². The Balaban J connectivity index is 2.94. The lowest BCUT2D eigenvalue weighted by molar-refractivity contribution is -0.138. The van der Waals surface area contributed by atoms with Crippen molar-refractivity contribution in [1.82, 2.24) is 0 Å². The second kappa shape index (κ2) is 7.09. The molecule has 1 rings (SSSR count). The number of benzene rings is 1. The first-order chi connectivity index (χ1) is 9.20. The molecule has 6 nitrogen and oxygen atoms in total. The molecule has 0 saturated carbocycles. The van der Waals surface area contributed by atoms with Gasteiger partial charge in [-0.1, -0.05) is 18.2 Å². The SMILES string of the molecule is CC(C)ON(c1ccccc1)[C@@H](C)C(=O)OP(=O)(O)Cl. The van der Waals surface area contributed by atoms with E-state index in [2.05, 4.69) is 4.52 Å². The Bertz CT molecular complexity index is 490. The lowest BCUT2D eigenvalue weighted by Crippen LogP contribution is -2.41. The summed E-state index contributed by atoms with van der Waals surface area (Å²) in [5.41, 5.74) is 0.619. The maximum absolute atomic E-state index is 11.8. The van der Waals surface area contributed by atoms with Crippen LogP contribution in [0.15, 0.2) is 30.3 Å². The van der Waals surface area contributed by atoms with Gasteiger partial charge >= 0.3 is 12.9 Å². The molecule has 0 aliphatic carbocycles. The molecule has 112 valence electrons. The van der Waals surface area contributed by atoms with E-state index in [4.69, 9.17) is 21.0 Å². The van der Waals surface area contributed by atoms with E-state index < -0.39 is 19.0 Å². The first kappa shape index (κ1) is 17.0. The number of hydroxylamine groups is 1.